The maximum Gasteiger partial charge on any atom is 0.240 e. The van der Waals surface area contributed by atoms with Crippen LogP contribution in [0.3, 0.4) is 0 Å². The summed E-state index contributed by atoms with van der Waals surface area (Å²) in [6, 6.07) is 4.92. The first-order valence-corrected chi connectivity index (χ1v) is 10.1. The Labute approximate surface area is 136 Å². The minimum atomic E-state index is -3.47. The van der Waals surface area contributed by atoms with Gasteiger partial charge in [0.2, 0.25) is 10.0 Å². The molecule has 0 unspecified atom stereocenters. The lowest BCUT2D eigenvalue weighted by molar-refractivity contribution is 0.528. The molecule has 0 atom stereocenters. The molecule has 0 aliphatic carbocycles. The van der Waals surface area contributed by atoms with Crippen LogP contribution in [0.25, 0.3) is 0 Å². The summed E-state index contributed by atoms with van der Waals surface area (Å²) in [5, 5.41) is 3.75. The maximum absolute atomic E-state index is 12.5. The van der Waals surface area contributed by atoms with Crippen LogP contribution in [-0.4, -0.2) is 32.5 Å². The van der Waals surface area contributed by atoms with Crippen molar-refractivity contribution in [3.8, 4) is 0 Å². The summed E-state index contributed by atoms with van der Waals surface area (Å²) in [5.41, 5.74) is 0.806. The van der Waals surface area contributed by atoms with Crippen molar-refractivity contribution in [2.75, 3.05) is 18.1 Å². The first-order chi connectivity index (χ1) is 10.0. The van der Waals surface area contributed by atoms with Crippen LogP contribution >= 0.6 is 23.4 Å². The van der Waals surface area contributed by atoms with E-state index in [0.717, 1.165) is 36.5 Å². The van der Waals surface area contributed by atoms with Crippen LogP contribution in [-0.2, 0) is 16.6 Å². The van der Waals surface area contributed by atoms with Crippen LogP contribution in [0.2, 0.25) is 5.02 Å². The number of hydrogen-bond donors (Lipinski definition) is 2. The second kappa shape index (κ2) is 7.83. The van der Waals surface area contributed by atoms with E-state index in [-0.39, 0.29) is 10.9 Å². The molecule has 0 radical (unpaired) electrons. The molecule has 1 saturated heterocycles. The zero-order valence-electron chi connectivity index (χ0n) is 12.1. The van der Waals surface area contributed by atoms with Gasteiger partial charge in [-0.1, -0.05) is 18.5 Å². The number of halogens is 1. The third kappa shape index (κ3) is 4.86. The molecular weight excluding hydrogens is 328 g/mol. The van der Waals surface area contributed by atoms with Gasteiger partial charge in [-0.2, -0.15) is 11.8 Å². The van der Waals surface area contributed by atoms with E-state index in [0.29, 0.717) is 11.6 Å². The van der Waals surface area contributed by atoms with Crippen molar-refractivity contribution in [1.29, 1.82) is 0 Å². The van der Waals surface area contributed by atoms with Gasteiger partial charge in [0, 0.05) is 17.6 Å². The molecule has 21 heavy (non-hydrogen) atoms. The summed E-state index contributed by atoms with van der Waals surface area (Å²) in [4.78, 5) is 0.290. The van der Waals surface area contributed by atoms with Crippen molar-refractivity contribution in [3.63, 3.8) is 0 Å². The SMILES string of the molecule is CCNCc1cc(S(=O)(=O)NC2CCSCC2)ccc1Cl. The number of nitrogens with one attached hydrogen (secondary N) is 2. The Kier molecular flexibility index (Phi) is 6.37. The number of thioether (sulfide) groups is 1. The first kappa shape index (κ1) is 17.1. The monoisotopic (exact) mass is 348 g/mol. The van der Waals surface area contributed by atoms with E-state index in [4.69, 9.17) is 11.6 Å². The molecular formula is C14H21ClN2O2S2. The van der Waals surface area contributed by atoms with E-state index in [9.17, 15) is 8.42 Å². The summed E-state index contributed by atoms with van der Waals surface area (Å²) in [6.07, 6.45) is 1.78. The fourth-order valence-electron chi connectivity index (χ4n) is 2.22. The molecule has 7 heteroatoms. The largest absolute Gasteiger partial charge is 0.313 e. The minimum absolute atomic E-state index is 0.0455. The molecule has 1 aromatic rings. The van der Waals surface area contributed by atoms with E-state index < -0.39 is 10.0 Å². The van der Waals surface area contributed by atoms with E-state index in [1.807, 2.05) is 18.7 Å². The topological polar surface area (TPSA) is 58.2 Å². The predicted octanol–water partition coefficient (Wildman–Crippen LogP) is 2.62. The van der Waals surface area contributed by atoms with Gasteiger partial charge in [0.25, 0.3) is 0 Å². The average Bonchev–Trinajstić information content (AvgIpc) is 2.47. The highest BCUT2D eigenvalue weighted by Crippen LogP contribution is 2.23. The highest BCUT2D eigenvalue weighted by atomic mass is 35.5. The van der Waals surface area contributed by atoms with Gasteiger partial charge < -0.3 is 5.32 Å². The molecule has 0 amide bonds. The Balaban J connectivity index is 2.14. The summed E-state index contributed by atoms with van der Waals surface area (Å²) in [7, 11) is -3.47. The molecule has 1 aliphatic heterocycles. The van der Waals surface area contributed by atoms with E-state index in [1.54, 1.807) is 18.2 Å². The van der Waals surface area contributed by atoms with Crippen LogP contribution in [0.5, 0.6) is 0 Å². The smallest absolute Gasteiger partial charge is 0.240 e. The number of benzene rings is 1. The van der Waals surface area contributed by atoms with Crippen LogP contribution in [0.4, 0.5) is 0 Å². The van der Waals surface area contributed by atoms with E-state index in [2.05, 4.69) is 10.0 Å². The van der Waals surface area contributed by atoms with Gasteiger partial charge in [-0.05, 0) is 54.7 Å². The summed E-state index contributed by atoms with van der Waals surface area (Å²) < 4.78 is 27.7. The molecule has 2 N–H and O–H groups in total. The number of sulfonamides is 1. The normalized spacial score (nSPS) is 17.0. The molecule has 1 aliphatic rings. The van der Waals surface area contributed by atoms with Gasteiger partial charge in [-0.25, -0.2) is 13.1 Å². The second-order valence-corrected chi connectivity index (χ2v) is 8.39. The van der Waals surface area contributed by atoms with Gasteiger partial charge in [0.15, 0.2) is 0 Å². The molecule has 1 heterocycles. The van der Waals surface area contributed by atoms with Crippen LogP contribution in [0, 0.1) is 0 Å². The quantitative estimate of drug-likeness (QED) is 0.829. The Morgan fingerprint density at radius 3 is 2.71 bits per heavy atom. The standard InChI is InChI=1S/C14H21ClN2O2S2/c1-2-16-10-11-9-13(3-4-14(11)15)21(18,19)17-12-5-7-20-8-6-12/h3-4,9,12,16-17H,2,5-8,10H2,1H3. The van der Waals surface area contributed by atoms with E-state index in [1.165, 1.54) is 0 Å². The van der Waals surface area contributed by atoms with Gasteiger partial charge in [-0.15, -0.1) is 0 Å². The van der Waals surface area contributed by atoms with Crippen molar-refractivity contribution >= 4 is 33.4 Å². The predicted molar refractivity (Wildman–Crippen MR) is 89.5 cm³/mol. The molecule has 0 bridgehead atoms. The molecule has 0 saturated carbocycles. The lowest BCUT2D eigenvalue weighted by atomic mass is 10.2. The summed E-state index contributed by atoms with van der Waals surface area (Å²) >= 11 is 7.99. The average molecular weight is 349 g/mol. The number of rotatable bonds is 6. The Morgan fingerprint density at radius 1 is 1.33 bits per heavy atom. The maximum atomic E-state index is 12.5. The van der Waals surface area contributed by atoms with Gasteiger partial charge in [-0.3, -0.25) is 0 Å². The summed E-state index contributed by atoms with van der Waals surface area (Å²) in [6.45, 7) is 3.38. The molecule has 1 fully saturated rings. The van der Waals surface area contributed by atoms with Crippen molar-refractivity contribution in [2.45, 2.75) is 37.2 Å². The third-order valence-electron chi connectivity index (χ3n) is 3.44. The fraction of sp³-hybridized carbons (Fsp3) is 0.571. The summed E-state index contributed by atoms with van der Waals surface area (Å²) in [5.74, 6) is 2.03. The van der Waals surface area contributed by atoms with Crippen LogP contribution in [0.1, 0.15) is 25.3 Å². The fourth-order valence-corrected chi connectivity index (χ4v) is 4.86. The van der Waals surface area contributed by atoms with Gasteiger partial charge >= 0.3 is 0 Å². The van der Waals surface area contributed by atoms with Crippen molar-refractivity contribution < 1.29 is 8.42 Å². The number of hydrogen-bond acceptors (Lipinski definition) is 4. The lowest BCUT2D eigenvalue weighted by Crippen LogP contribution is -2.37. The Morgan fingerprint density at radius 2 is 2.05 bits per heavy atom. The highest BCUT2D eigenvalue weighted by molar-refractivity contribution is 7.99. The lowest BCUT2D eigenvalue weighted by Gasteiger charge is -2.22. The highest BCUT2D eigenvalue weighted by Gasteiger charge is 2.22. The molecule has 0 spiro atoms. The Bertz CT molecular complexity index is 572. The zero-order chi connectivity index (χ0) is 15.3. The van der Waals surface area contributed by atoms with Crippen LogP contribution in [0.15, 0.2) is 23.1 Å². The van der Waals surface area contributed by atoms with Crippen LogP contribution < -0.4 is 10.0 Å². The first-order valence-electron chi connectivity index (χ1n) is 7.12. The minimum Gasteiger partial charge on any atom is -0.313 e. The van der Waals surface area contributed by atoms with Crippen molar-refractivity contribution in [1.82, 2.24) is 10.0 Å². The zero-order valence-corrected chi connectivity index (χ0v) is 14.5. The van der Waals surface area contributed by atoms with E-state index >= 15 is 0 Å². The third-order valence-corrected chi connectivity index (χ3v) is 6.37. The molecule has 0 aromatic heterocycles. The van der Waals surface area contributed by atoms with Gasteiger partial charge in [0.05, 0.1) is 4.90 Å². The van der Waals surface area contributed by atoms with Crippen molar-refractivity contribution in [3.05, 3.63) is 28.8 Å². The van der Waals surface area contributed by atoms with Crippen molar-refractivity contribution in [2.24, 2.45) is 0 Å². The van der Waals surface area contributed by atoms with Gasteiger partial charge in [0.1, 0.15) is 0 Å². The molecule has 4 nitrogen and oxygen atoms in total. The molecule has 1 aromatic carbocycles. The Hall–Kier alpha value is -0.270. The second-order valence-electron chi connectivity index (χ2n) is 5.04. The molecule has 2 rings (SSSR count). The molecule has 118 valence electrons.